The van der Waals surface area contributed by atoms with Gasteiger partial charge in [-0.05, 0) is 30.7 Å². The lowest BCUT2D eigenvalue weighted by Gasteiger charge is -2.26. The summed E-state index contributed by atoms with van der Waals surface area (Å²) >= 11 is 5.94. The minimum absolute atomic E-state index is 0.0337. The first kappa shape index (κ1) is 24.0. The molecule has 2 saturated heterocycles. The Hall–Kier alpha value is -2.72. The van der Waals surface area contributed by atoms with Gasteiger partial charge in [0.1, 0.15) is 24.1 Å². The highest BCUT2D eigenvalue weighted by molar-refractivity contribution is 6.31. The number of rotatable bonds is 9. The van der Waals surface area contributed by atoms with Crippen LogP contribution in [0.1, 0.15) is 12.8 Å². The van der Waals surface area contributed by atoms with Crippen molar-refractivity contribution in [2.45, 2.75) is 18.9 Å². The number of benzene rings is 2. The van der Waals surface area contributed by atoms with Crippen molar-refractivity contribution in [1.29, 1.82) is 0 Å². The minimum atomic E-state index is -0.477. The zero-order valence-corrected chi connectivity index (χ0v) is 20.1. The number of hydrogen-bond donors (Lipinski definition) is 1. The van der Waals surface area contributed by atoms with Crippen molar-refractivity contribution < 1.29 is 23.3 Å². The molecule has 1 N–H and O–H groups in total. The molecule has 1 aromatic heterocycles. The Kier molecular flexibility index (Phi) is 7.78. The quantitative estimate of drug-likeness (QED) is 0.430. The normalized spacial score (nSPS) is 18.6. The number of halogens is 2. The fourth-order valence-electron chi connectivity index (χ4n) is 4.16. The summed E-state index contributed by atoms with van der Waals surface area (Å²) in [4.78, 5) is 11.2. The summed E-state index contributed by atoms with van der Waals surface area (Å²) in [6, 6.07) is 8.20. The molecule has 35 heavy (non-hydrogen) atoms. The Balaban J connectivity index is 1.36. The van der Waals surface area contributed by atoms with Gasteiger partial charge in [0.15, 0.2) is 11.5 Å². The number of ether oxygens (including phenoxy) is 4. The highest BCUT2D eigenvalue weighted by Gasteiger charge is 2.21. The van der Waals surface area contributed by atoms with Crippen molar-refractivity contribution in [3.05, 3.63) is 47.5 Å². The molecule has 0 unspecified atom stereocenters. The van der Waals surface area contributed by atoms with Gasteiger partial charge < -0.3 is 24.3 Å². The van der Waals surface area contributed by atoms with Gasteiger partial charge in [0.05, 0.1) is 43.6 Å². The van der Waals surface area contributed by atoms with Crippen LogP contribution in [-0.2, 0) is 9.47 Å². The van der Waals surface area contributed by atoms with E-state index < -0.39 is 5.82 Å². The minimum Gasteiger partial charge on any atom is -0.490 e. The fourth-order valence-corrected chi connectivity index (χ4v) is 4.34. The Morgan fingerprint density at radius 2 is 1.97 bits per heavy atom. The van der Waals surface area contributed by atoms with Gasteiger partial charge in [-0.1, -0.05) is 11.6 Å². The Labute approximate surface area is 208 Å². The summed E-state index contributed by atoms with van der Waals surface area (Å²) in [7, 11) is 0. The molecule has 0 spiro atoms. The zero-order valence-electron chi connectivity index (χ0n) is 19.3. The molecule has 2 aliphatic heterocycles. The molecule has 2 aromatic carbocycles. The number of nitrogens with one attached hydrogen (secondary N) is 1. The van der Waals surface area contributed by atoms with Gasteiger partial charge in [-0.2, -0.15) is 0 Å². The summed E-state index contributed by atoms with van der Waals surface area (Å²) in [5.74, 6) is 1.34. The predicted octanol–water partition coefficient (Wildman–Crippen LogP) is 4.43. The third kappa shape index (κ3) is 6.10. The van der Waals surface area contributed by atoms with Crippen molar-refractivity contribution in [2.75, 3.05) is 58.0 Å². The van der Waals surface area contributed by atoms with Gasteiger partial charge in [-0.3, -0.25) is 4.90 Å². The standard InChI is InChI=1S/C25H28ClFN4O4/c26-20-12-17(2-3-21(20)27)30-25-19-13-24(35-18-4-9-33-15-18)23(14-22(19)28-16-29-25)34-8-1-5-31-6-10-32-11-7-31/h2-3,12-14,16,18H,1,4-11,15H2,(H,28,29,30)/t18-/m0/s1. The molecule has 1 atom stereocenters. The maximum absolute atomic E-state index is 13.6. The van der Waals surface area contributed by atoms with Gasteiger partial charge in [-0.15, -0.1) is 0 Å². The fraction of sp³-hybridized carbons (Fsp3) is 0.440. The Bertz CT molecular complexity index is 1160. The van der Waals surface area contributed by atoms with E-state index in [2.05, 4.69) is 20.2 Å². The third-order valence-corrected chi connectivity index (χ3v) is 6.33. The zero-order chi connectivity index (χ0) is 24.0. The lowest BCUT2D eigenvalue weighted by Crippen LogP contribution is -2.37. The van der Waals surface area contributed by atoms with E-state index in [1.807, 2.05) is 12.1 Å². The van der Waals surface area contributed by atoms with Gasteiger partial charge in [0.25, 0.3) is 0 Å². The molecule has 2 aliphatic rings. The average molecular weight is 503 g/mol. The van der Waals surface area contributed by atoms with E-state index in [1.54, 1.807) is 6.07 Å². The molecule has 5 rings (SSSR count). The highest BCUT2D eigenvalue weighted by Crippen LogP contribution is 2.36. The van der Waals surface area contributed by atoms with Crippen LogP contribution in [0.15, 0.2) is 36.7 Å². The van der Waals surface area contributed by atoms with Crippen LogP contribution >= 0.6 is 11.6 Å². The summed E-state index contributed by atoms with van der Waals surface area (Å²) < 4.78 is 36.9. The number of aromatic nitrogens is 2. The second-order valence-corrected chi connectivity index (χ2v) is 8.96. The van der Waals surface area contributed by atoms with E-state index in [9.17, 15) is 4.39 Å². The molecule has 10 heteroatoms. The van der Waals surface area contributed by atoms with Crippen LogP contribution in [0.5, 0.6) is 11.5 Å². The molecule has 186 valence electrons. The van der Waals surface area contributed by atoms with Gasteiger partial charge in [-0.25, -0.2) is 14.4 Å². The van der Waals surface area contributed by atoms with E-state index in [1.165, 1.54) is 18.5 Å². The van der Waals surface area contributed by atoms with Crippen molar-refractivity contribution >= 4 is 34.0 Å². The number of nitrogens with zero attached hydrogens (tertiary/aromatic N) is 3. The molecule has 0 saturated carbocycles. The molecule has 0 amide bonds. The lowest BCUT2D eigenvalue weighted by atomic mass is 10.2. The second-order valence-electron chi connectivity index (χ2n) is 8.55. The van der Waals surface area contributed by atoms with Gasteiger partial charge >= 0.3 is 0 Å². The van der Waals surface area contributed by atoms with Crippen LogP contribution in [-0.4, -0.2) is 73.6 Å². The Morgan fingerprint density at radius 1 is 1.09 bits per heavy atom. The topological polar surface area (TPSA) is 78.0 Å². The first-order valence-corrected chi connectivity index (χ1v) is 12.2. The number of hydrogen-bond acceptors (Lipinski definition) is 8. The van der Waals surface area contributed by atoms with Crippen molar-refractivity contribution in [1.82, 2.24) is 14.9 Å². The molecule has 0 aliphatic carbocycles. The predicted molar refractivity (Wildman–Crippen MR) is 131 cm³/mol. The lowest BCUT2D eigenvalue weighted by molar-refractivity contribution is 0.0357. The van der Waals surface area contributed by atoms with Crippen LogP contribution in [0, 0.1) is 5.82 Å². The van der Waals surface area contributed by atoms with Gasteiger partial charge in [0.2, 0.25) is 0 Å². The van der Waals surface area contributed by atoms with Crippen LogP contribution in [0.2, 0.25) is 5.02 Å². The first-order valence-electron chi connectivity index (χ1n) is 11.8. The second kappa shape index (κ2) is 11.3. The molecule has 2 fully saturated rings. The van der Waals surface area contributed by atoms with Crippen LogP contribution < -0.4 is 14.8 Å². The Morgan fingerprint density at radius 3 is 2.77 bits per heavy atom. The van der Waals surface area contributed by atoms with E-state index >= 15 is 0 Å². The molecular formula is C25H28ClFN4O4. The summed E-state index contributed by atoms with van der Waals surface area (Å²) in [6.07, 6.45) is 3.15. The molecule has 0 radical (unpaired) electrons. The number of fused-ring (bicyclic) bond motifs is 1. The van der Waals surface area contributed by atoms with Crippen molar-refractivity contribution in [3.8, 4) is 11.5 Å². The monoisotopic (exact) mass is 502 g/mol. The van der Waals surface area contributed by atoms with E-state index in [0.29, 0.717) is 48.3 Å². The molecule has 0 bridgehead atoms. The molecule has 3 aromatic rings. The molecular weight excluding hydrogens is 475 g/mol. The van der Waals surface area contributed by atoms with E-state index in [4.69, 9.17) is 30.5 Å². The van der Waals surface area contributed by atoms with E-state index in [-0.39, 0.29) is 11.1 Å². The van der Waals surface area contributed by atoms with Crippen molar-refractivity contribution in [3.63, 3.8) is 0 Å². The smallest absolute Gasteiger partial charge is 0.163 e. The maximum atomic E-state index is 13.6. The van der Waals surface area contributed by atoms with Crippen LogP contribution in [0.3, 0.4) is 0 Å². The van der Waals surface area contributed by atoms with Crippen LogP contribution in [0.4, 0.5) is 15.9 Å². The highest BCUT2D eigenvalue weighted by atomic mass is 35.5. The summed E-state index contributed by atoms with van der Waals surface area (Å²) in [5, 5.41) is 3.99. The molecule has 8 nitrogen and oxygen atoms in total. The largest absolute Gasteiger partial charge is 0.490 e. The van der Waals surface area contributed by atoms with Crippen molar-refractivity contribution in [2.24, 2.45) is 0 Å². The van der Waals surface area contributed by atoms with E-state index in [0.717, 1.165) is 51.1 Å². The number of anilines is 2. The van der Waals surface area contributed by atoms with Gasteiger partial charge in [0, 0.05) is 43.2 Å². The summed E-state index contributed by atoms with van der Waals surface area (Å²) in [5.41, 5.74) is 1.32. The maximum Gasteiger partial charge on any atom is 0.163 e. The number of morpholine rings is 1. The van der Waals surface area contributed by atoms with Crippen LogP contribution in [0.25, 0.3) is 10.9 Å². The molecule has 3 heterocycles. The SMILES string of the molecule is Fc1ccc(Nc2ncnc3cc(OCCCN4CCOCC4)c(O[C@H]4CCOC4)cc23)cc1Cl. The average Bonchev–Trinajstić information content (AvgIpc) is 3.38. The first-order chi connectivity index (χ1) is 17.2. The third-order valence-electron chi connectivity index (χ3n) is 6.04. The summed E-state index contributed by atoms with van der Waals surface area (Å²) in [6.45, 7) is 6.22.